The van der Waals surface area contributed by atoms with E-state index in [4.69, 9.17) is 11.6 Å². The minimum atomic E-state index is -0.350. The first-order valence-corrected chi connectivity index (χ1v) is 4.74. The monoisotopic (exact) mass is 214 g/mol. The molecule has 0 heterocycles. The highest BCUT2D eigenvalue weighted by atomic mass is 35.5. The first kappa shape index (κ1) is 11.2. The molecule has 14 heavy (non-hydrogen) atoms. The van der Waals surface area contributed by atoms with Crippen LogP contribution in [-0.2, 0) is 11.2 Å². The molecule has 0 bridgehead atoms. The third kappa shape index (κ3) is 2.13. The Hall–Kier alpha value is -0.890. The summed E-state index contributed by atoms with van der Waals surface area (Å²) in [5.74, 6) is -0.343. The molecule has 0 spiro atoms. The number of hydrogen-bond acceptors (Lipinski definition) is 1. The quantitative estimate of drug-likeness (QED) is 0.739. The molecule has 1 aromatic rings. The van der Waals surface area contributed by atoms with Gasteiger partial charge in [-0.3, -0.25) is 4.79 Å². The van der Waals surface area contributed by atoms with E-state index in [0.717, 1.165) is 5.56 Å². The molecule has 1 rings (SSSR count). The summed E-state index contributed by atoms with van der Waals surface area (Å²) in [7, 11) is 0. The van der Waals surface area contributed by atoms with Gasteiger partial charge >= 0.3 is 0 Å². The molecule has 0 unspecified atom stereocenters. The predicted molar refractivity (Wildman–Crippen MR) is 55.3 cm³/mol. The van der Waals surface area contributed by atoms with Gasteiger partial charge in [-0.05, 0) is 38.0 Å². The molecule has 0 aliphatic carbocycles. The zero-order chi connectivity index (χ0) is 10.9. The Bertz CT molecular complexity index is 385. The smallest absolute Gasteiger partial charge is 0.134 e. The van der Waals surface area contributed by atoms with E-state index in [1.807, 2.05) is 0 Å². The lowest BCUT2D eigenvalue weighted by atomic mass is 10.0. The van der Waals surface area contributed by atoms with Crippen LogP contribution in [0.25, 0.3) is 0 Å². The fraction of sp³-hybridized carbons (Fsp3) is 0.364. The Morgan fingerprint density at radius 1 is 1.43 bits per heavy atom. The molecule has 0 aliphatic heterocycles. The molecular weight excluding hydrogens is 203 g/mol. The summed E-state index contributed by atoms with van der Waals surface area (Å²) in [6.45, 7) is 4.90. The van der Waals surface area contributed by atoms with Crippen LogP contribution >= 0.6 is 11.6 Å². The molecule has 0 aliphatic rings. The molecule has 0 fully saturated rings. The van der Waals surface area contributed by atoms with E-state index in [9.17, 15) is 9.18 Å². The molecule has 0 amide bonds. The first-order chi connectivity index (χ1) is 6.43. The lowest BCUT2D eigenvalue weighted by Gasteiger charge is -2.09. The highest BCUT2D eigenvalue weighted by molar-refractivity contribution is 6.32. The van der Waals surface area contributed by atoms with Crippen LogP contribution in [0.5, 0.6) is 0 Å². The number of carbonyl (C=O) groups is 1. The summed E-state index contributed by atoms with van der Waals surface area (Å²) in [5.41, 5.74) is 1.91. The zero-order valence-corrected chi connectivity index (χ0v) is 9.20. The van der Waals surface area contributed by atoms with Crippen molar-refractivity contribution in [1.29, 1.82) is 0 Å². The highest BCUT2D eigenvalue weighted by Gasteiger charge is 2.11. The van der Waals surface area contributed by atoms with E-state index in [2.05, 4.69) is 0 Å². The lowest BCUT2D eigenvalue weighted by molar-refractivity contribution is -0.116. The van der Waals surface area contributed by atoms with Crippen molar-refractivity contribution in [3.63, 3.8) is 0 Å². The Labute approximate surface area is 87.9 Å². The number of carbonyl (C=O) groups excluding carboxylic acids is 1. The van der Waals surface area contributed by atoms with Gasteiger partial charge in [0.05, 0.1) is 0 Å². The van der Waals surface area contributed by atoms with Gasteiger partial charge in [-0.25, -0.2) is 4.39 Å². The molecule has 0 saturated heterocycles. The van der Waals surface area contributed by atoms with Crippen molar-refractivity contribution in [2.75, 3.05) is 0 Å². The molecule has 3 heteroatoms. The van der Waals surface area contributed by atoms with Gasteiger partial charge in [-0.15, -0.1) is 0 Å². The van der Waals surface area contributed by atoms with Crippen LogP contribution in [0, 0.1) is 19.7 Å². The number of benzene rings is 1. The van der Waals surface area contributed by atoms with Crippen molar-refractivity contribution >= 4 is 17.4 Å². The molecular formula is C11H12ClFO. The van der Waals surface area contributed by atoms with Gasteiger partial charge in [0.15, 0.2) is 0 Å². The summed E-state index contributed by atoms with van der Waals surface area (Å²) >= 11 is 5.92. The standard InChI is InChI=1S/C11H12ClFO/c1-6(14)4-9-5-10(13)8(3)11(12)7(9)2/h5H,4H2,1-3H3. The third-order valence-corrected chi connectivity index (χ3v) is 2.81. The summed E-state index contributed by atoms with van der Waals surface area (Å²) in [6.07, 6.45) is 0.239. The minimum Gasteiger partial charge on any atom is -0.300 e. The summed E-state index contributed by atoms with van der Waals surface area (Å²) in [5, 5.41) is 0.418. The molecule has 0 atom stereocenters. The molecule has 0 saturated carbocycles. The second-order valence-corrected chi connectivity index (χ2v) is 3.84. The maximum absolute atomic E-state index is 13.3. The van der Waals surface area contributed by atoms with Crippen molar-refractivity contribution < 1.29 is 9.18 Å². The normalized spacial score (nSPS) is 10.4. The van der Waals surface area contributed by atoms with Gasteiger partial charge in [0.2, 0.25) is 0 Å². The number of ketones is 1. The van der Waals surface area contributed by atoms with Crippen LogP contribution < -0.4 is 0 Å². The van der Waals surface area contributed by atoms with E-state index in [-0.39, 0.29) is 18.0 Å². The van der Waals surface area contributed by atoms with Crippen molar-refractivity contribution in [3.05, 3.63) is 33.6 Å². The number of hydrogen-bond donors (Lipinski definition) is 0. The van der Waals surface area contributed by atoms with E-state index in [1.165, 1.54) is 13.0 Å². The van der Waals surface area contributed by atoms with Crippen LogP contribution in [0.4, 0.5) is 4.39 Å². The van der Waals surface area contributed by atoms with Gasteiger partial charge in [-0.1, -0.05) is 11.6 Å². The molecule has 0 N–H and O–H groups in total. The summed E-state index contributed by atoms with van der Waals surface area (Å²) in [6, 6.07) is 1.39. The van der Waals surface area contributed by atoms with Crippen LogP contribution in [0.15, 0.2) is 6.07 Å². The average Bonchev–Trinajstić information content (AvgIpc) is 2.10. The molecule has 1 aromatic carbocycles. The number of Topliss-reactive ketones (excluding diaryl/α,β-unsaturated/α-hetero) is 1. The average molecular weight is 215 g/mol. The summed E-state index contributed by atoms with van der Waals surface area (Å²) in [4.78, 5) is 10.9. The predicted octanol–water partition coefficient (Wildman–Crippen LogP) is 3.23. The van der Waals surface area contributed by atoms with Crippen molar-refractivity contribution in [1.82, 2.24) is 0 Å². The molecule has 0 radical (unpaired) electrons. The van der Waals surface area contributed by atoms with E-state index < -0.39 is 0 Å². The van der Waals surface area contributed by atoms with Gasteiger partial charge < -0.3 is 0 Å². The number of rotatable bonds is 2. The Morgan fingerprint density at radius 2 is 2.00 bits per heavy atom. The Morgan fingerprint density at radius 3 is 2.50 bits per heavy atom. The van der Waals surface area contributed by atoms with Crippen LogP contribution in [-0.4, -0.2) is 5.78 Å². The fourth-order valence-electron chi connectivity index (χ4n) is 1.35. The SMILES string of the molecule is CC(=O)Cc1cc(F)c(C)c(Cl)c1C. The first-order valence-electron chi connectivity index (χ1n) is 4.37. The Balaban J connectivity index is 3.25. The zero-order valence-electron chi connectivity index (χ0n) is 8.45. The number of halogens is 2. The van der Waals surface area contributed by atoms with E-state index in [0.29, 0.717) is 16.1 Å². The van der Waals surface area contributed by atoms with Crippen molar-refractivity contribution in [2.45, 2.75) is 27.2 Å². The second-order valence-electron chi connectivity index (χ2n) is 3.46. The second kappa shape index (κ2) is 4.09. The maximum Gasteiger partial charge on any atom is 0.134 e. The van der Waals surface area contributed by atoms with Crippen molar-refractivity contribution in [3.8, 4) is 0 Å². The lowest BCUT2D eigenvalue weighted by Crippen LogP contribution is -2.01. The van der Waals surface area contributed by atoms with Crippen LogP contribution in [0.3, 0.4) is 0 Å². The van der Waals surface area contributed by atoms with Gasteiger partial charge in [0.1, 0.15) is 11.6 Å². The van der Waals surface area contributed by atoms with Gasteiger partial charge in [-0.2, -0.15) is 0 Å². The van der Waals surface area contributed by atoms with E-state index >= 15 is 0 Å². The maximum atomic E-state index is 13.3. The largest absolute Gasteiger partial charge is 0.300 e. The minimum absolute atomic E-state index is 0.00687. The third-order valence-electron chi connectivity index (χ3n) is 2.24. The van der Waals surface area contributed by atoms with Crippen LogP contribution in [0.2, 0.25) is 5.02 Å². The van der Waals surface area contributed by atoms with Gasteiger partial charge in [0, 0.05) is 17.0 Å². The van der Waals surface area contributed by atoms with Gasteiger partial charge in [0.25, 0.3) is 0 Å². The molecule has 0 aromatic heterocycles. The molecule has 76 valence electrons. The van der Waals surface area contributed by atoms with Crippen molar-refractivity contribution in [2.24, 2.45) is 0 Å². The fourth-order valence-corrected chi connectivity index (χ4v) is 1.56. The highest BCUT2D eigenvalue weighted by Crippen LogP contribution is 2.26. The topological polar surface area (TPSA) is 17.1 Å². The summed E-state index contributed by atoms with van der Waals surface area (Å²) < 4.78 is 13.3. The molecule has 1 nitrogen and oxygen atoms in total. The van der Waals surface area contributed by atoms with E-state index in [1.54, 1.807) is 13.8 Å². The van der Waals surface area contributed by atoms with Crippen LogP contribution in [0.1, 0.15) is 23.6 Å². The Kier molecular flexibility index (Phi) is 3.27.